The minimum atomic E-state index is 0.681. The molecule has 0 radical (unpaired) electrons. The molecular formula is C39H52N12. The highest BCUT2D eigenvalue weighted by Crippen LogP contribution is 2.34. The van der Waals surface area contributed by atoms with Crippen molar-refractivity contribution in [3.05, 3.63) is 140 Å². The molecular weight excluding hydrogens is 637 g/mol. The molecule has 0 aliphatic heterocycles. The van der Waals surface area contributed by atoms with Crippen molar-refractivity contribution in [1.29, 1.82) is 0 Å². The van der Waals surface area contributed by atoms with Gasteiger partial charge in [-0.25, -0.2) is 19.9 Å². The zero-order chi connectivity index (χ0) is 35.7. The highest BCUT2D eigenvalue weighted by Gasteiger charge is 2.22. The fourth-order valence-electron chi connectivity index (χ4n) is 7.35. The number of hydrogen-bond donors (Lipinski definition) is 8. The number of nitrogens with one attached hydrogen (secondary N) is 8. The third kappa shape index (κ3) is 8.54. The van der Waals surface area contributed by atoms with Crippen LogP contribution in [-0.2, 0) is 58.8 Å². The Morgan fingerprint density at radius 3 is 0.804 bits per heavy atom. The summed E-state index contributed by atoms with van der Waals surface area (Å²) in [6.45, 7) is 19.5. The number of aromatic nitrogens is 8. The van der Waals surface area contributed by atoms with Gasteiger partial charge in [0.05, 0.1) is 26.2 Å². The van der Waals surface area contributed by atoms with Gasteiger partial charge in [-0.1, -0.05) is 0 Å². The SMILES string of the molecule is Cc1c(CNCc2ncc[nH]2)c(C)c(Cc2c(C)c(CNCc3ncc[nH]3)c(C)c(CNCc3ncc[nH]3)c2C)c(C)c1CNCc1ncc[nH]1. The molecule has 0 saturated carbocycles. The van der Waals surface area contributed by atoms with E-state index in [0.29, 0.717) is 26.2 Å². The van der Waals surface area contributed by atoms with Gasteiger partial charge in [-0.15, -0.1) is 0 Å². The number of nitrogens with zero attached hydrogens (tertiary/aromatic N) is 4. The summed E-state index contributed by atoms with van der Waals surface area (Å²) in [6.07, 6.45) is 15.5. The number of hydrogen-bond acceptors (Lipinski definition) is 8. The first kappa shape index (κ1) is 35.9. The molecule has 0 saturated heterocycles. The number of aromatic amines is 4. The lowest BCUT2D eigenvalue weighted by Crippen LogP contribution is -2.22. The first-order valence-electron chi connectivity index (χ1n) is 17.8. The van der Waals surface area contributed by atoms with Gasteiger partial charge in [0.2, 0.25) is 0 Å². The molecule has 0 atom stereocenters. The van der Waals surface area contributed by atoms with Crippen LogP contribution >= 0.6 is 0 Å². The minimum absolute atomic E-state index is 0.681. The maximum atomic E-state index is 4.42. The van der Waals surface area contributed by atoms with Gasteiger partial charge >= 0.3 is 0 Å². The van der Waals surface area contributed by atoms with E-state index in [1.165, 1.54) is 66.8 Å². The van der Waals surface area contributed by atoms with Crippen LogP contribution in [0.1, 0.15) is 90.1 Å². The summed E-state index contributed by atoms with van der Waals surface area (Å²) >= 11 is 0. The van der Waals surface area contributed by atoms with Crippen LogP contribution in [0.25, 0.3) is 0 Å². The molecule has 6 rings (SSSR count). The van der Waals surface area contributed by atoms with Gasteiger partial charge in [-0.2, -0.15) is 0 Å². The number of H-pyrrole nitrogens is 4. The van der Waals surface area contributed by atoms with E-state index in [1.54, 1.807) is 24.8 Å². The molecule has 4 heterocycles. The van der Waals surface area contributed by atoms with Gasteiger partial charge in [-0.05, 0) is 115 Å². The van der Waals surface area contributed by atoms with E-state index in [0.717, 1.165) is 55.9 Å². The van der Waals surface area contributed by atoms with Crippen molar-refractivity contribution >= 4 is 0 Å². The van der Waals surface area contributed by atoms with Crippen LogP contribution in [0.4, 0.5) is 0 Å². The molecule has 0 aliphatic carbocycles. The predicted molar refractivity (Wildman–Crippen MR) is 201 cm³/mol. The molecule has 2 aromatic carbocycles. The minimum Gasteiger partial charge on any atom is -0.348 e. The largest absolute Gasteiger partial charge is 0.348 e. The Labute approximate surface area is 300 Å². The average molecular weight is 689 g/mol. The molecule has 0 aliphatic rings. The van der Waals surface area contributed by atoms with Crippen molar-refractivity contribution in [2.75, 3.05) is 0 Å². The van der Waals surface area contributed by atoms with Crippen LogP contribution in [0.15, 0.2) is 49.6 Å². The monoisotopic (exact) mass is 688 g/mol. The van der Waals surface area contributed by atoms with E-state index in [4.69, 9.17) is 0 Å². The quantitative estimate of drug-likeness (QED) is 0.0613. The van der Waals surface area contributed by atoms with Crippen molar-refractivity contribution in [1.82, 2.24) is 61.1 Å². The summed E-state index contributed by atoms with van der Waals surface area (Å²) in [5.41, 5.74) is 16.2. The Hall–Kier alpha value is -4.88. The first-order chi connectivity index (χ1) is 24.8. The van der Waals surface area contributed by atoms with Gasteiger partial charge in [0.25, 0.3) is 0 Å². The Kier molecular flexibility index (Phi) is 11.9. The van der Waals surface area contributed by atoms with Crippen LogP contribution in [-0.4, -0.2) is 39.9 Å². The maximum Gasteiger partial charge on any atom is 0.120 e. The van der Waals surface area contributed by atoms with E-state index in [2.05, 4.69) is 103 Å². The van der Waals surface area contributed by atoms with Crippen molar-refractivity contribution in [2.24, 2.45) is 0 Å². The Bertz CT molecular complexity index is 1690. The van der Waals surface area contributed by atoms with Crippen LogP contribution in [0.5, 0.6) is 0 Å². The molecule has 268 valence electrons. The number of benzene rings is 2. The summed E-state index contributed by atoms with van der Waals surface area (Å²) in [4.78, 5) is 30.5. The lowest BCUT2D eigenvalue weighted by molar-refractivity contribution is 0.646. The molecule has 0 fully saturated rings. The summed E-state index contributed by atoms with van der Waals surface area (Å²) in [7, 11) is 0. The molecule has 8 N–H and O–H groups in total. The molecule has 51 heavy (non-hydrogen) atoms. The van der Waals surface area contributed by atoms with Crippen LogP contribution in [0.2, 0.25) is 0 Å². The Balaban J connectivity index is 1.35. The summed E-state index contributed by atoms with van der Waals surface area (Å²) in [5, 5.41) is 14.6. The molecule has 0 amide bonds. The van der Waals surface area contributed by atoms with E-state index in [9.17, 15) is 0 Å². The molecule has 4 aromatic heterocycles. The van der Waals surface area contributed by atoms with Crippen molar-refractivity contribution in [2.45, 2.75) is 100 Å². The maximum absolute atomic E-state index is 4.42. The van der Waals surface area contributed by atoms with Crippen LogP contribution < -0.4 is 21.3 Å². The first-order valence-corrected chi connectivity index (χ1v) is 17.8. The number of rotatable bonds is 18. The second-order valence-corrected chi connectivity index (χ2v) is 13.4. The van der Waals surface area contributed by atoms with Crippen molar-refractivity contribution in [3.63, 3.8) is 0 Å². The van der Waals surface area contributed by atoms with Gasteiger partial charge in [0.1, 0.15) is 23.3 Å². The molecule has 12 nitrogen and oxygen atoms in total. The van der Waals surface area contributed by atoms with Gasteiger partial charge < -0.3 is 41.2 Å². The van der Waals surface area contributed by atoms with Crippen molar-refractivity contribution in [3.8, 4) is 0 Å². The molecule has 0 unspecified atom stereocenters. The topological polar surface area (TPSA) is 163 Å². The van der Waals surface area contributed by atoms with Gasteiger partial charge in [0.15, 0.2) is 0 Å². The van der Waals surface area contributed by atoms with Gasteiger partial charge in [0, 0.05) is 75.8 Å². The van der Waals surface area contributed by atoms with E-state index >= 15 is 0 Å². The van der Waals surface area contributed by atoms with E-state index < -0.39 is 0 Å². The standard InChI is InChI=1S/C39H52N12/c1-24-30(25(2)33(17-41-21-37-46-9-10-47-37)28(5)32(24)16-40-20-36-44-7-8-45-36)15-31-26(3)34(18-42-22-38-48-11-12-49-38)29(6)35(27(31)4)19-43-23-39-50-13-14-51-39/h7-14,40-43H,15-23H2,1-6H3,(H,44,45)(H,46,47)(H,48,49)(H,50,51). The normalized spacial score (nSPS) is 11.6. The van der Waals surface area contributed by atoms with E-state index in [-0.39, 0.29) is 0 Å². The highest BCUT2D eigenvalue weighted by molar-refractivity contribution is 5.56. The molecule has 0 bridgehead atoms. The summed E-state index contributed by atoms with van der Waals surface area (Å²) in [5.74, 6) is 3.74. The predicted octanol–water partition coefficient (Wildman–Crippen LogP) is 5.18. The smallest absolute Gasteiger partial charge is 0.120 e. The molecule has 12 heteroatoms. The third-order valence-corrected chi connectivity index (χ3v) is 10.4. The Morgan fingerprint density at radius 1 is 0.353 bits per heavy atom. The average Bonchev–Trinajstić information content (AvgIpc) is 3.97. The molecule has 0 spiro atoms. The highest BCUT2D eigenvalue weighted by atomic mass is 15.0. The fourth-order valence-corrected chi connectivity index (χ4v) is 7.35. The van der Waals surface area contributed by atoms with Crippen LogP contribution in [0, 0.1) is 41.5 Å². The lowest BCUT2D eigenvalue weighted by Gasteiger charge is -2.27. The lowest BCUT2D eigenvalue weighted by atomic mass is 9.81. The van der Waals surface area contributed by atoms with Crippen molar-refractivity contribution < 1.29 is 0 Å². The van der Waals surface area contributed by atoms with Gasteiger partial charge in [-0.3, -0.25) is 0 Å². The zero-order valence-corrected chi connectivity index (χ0v) is 30.8. The summed E-state index contributed by atoms with van der Waals surface area (Å²) in [6, 6.07) is 0. The second kappa shape index (κ2) is 16.9. The third-order valence-electron chi connectivity index (χ3n) is 10.4. The fraction of sp³-hybridized carbons (Fsp3) is 0.385. The second-order valence-electron chi connectivity index (χ2n) is 13.4. The Morgan fingerprint density at radius 2 is 0.588 bits per heavy atom. The molecule has 6 aromatic rings. The van der Waals surface area contributed by atoms with E-state index in [1.807, 2.05) is 24.8 Å². The number of imidazole rings is 4. The summed E-state index contributed by atoms with van der Waals surface area (Å²) < 4.78 is 0. The van der Waals surface area contributed by atoms with Crippen LogP contribution in [0.3, 0.4) is 0 Å². The zero-order valence-electron chi connectivity index (χ0n) is 30.8.